The molecule has 162 valence electrons. The molecule has 0 spiro atoms. The van der Waals surface area contributed by atoms with Crippen LogP contribution in [0.2, 0.25) is 0 Å². The Balaban J connectivity index is 1.77. The van der Waals surface area contributed by atoms with E-state index < -0.39 is 5.54 Å². The van der Waals surface area contributed by atoms with Gasteiger partial charge < -0.3 is 20.3 Å². The van der Waals surface area contributed by atoms with Crippen LogP contribution in [0.25, 0.3) is 5.57 Å². The van der Waals surface area contributed by atoms with E-state index in [1.54, 1.807) is 23.1 Å². The van der Waals surface area contributed by atoms with Crippen molar-refractivity contribution in [1.82, 2.24) is 5.32 Å². The average molecular weight is 420 g/mol. The molecule has 31 heavy (non-hydrogen) atoms. The molecule has 0 aromatic heterocycles. The standard InChI is InChI=1S/C25H29N3O3/c1-16(2)14-28-21-13-20(10-11-22(21)31-15-23(28)29)26-24(30)27-25(5,6)19-9-7-8-18(12-19)17(3)4/h7-13H,1,3,14-15H2,2,4-6H3,(H2,26,27,30). The molecule has 2 N–H and O–H groups in total. The lowest BCUT2D eigenvalue weighted by atomic mass is 9.92. The zero-order chi connectivity index (χ0) is 22.8. The van der Waals surface area contributed by atoms with Gasteiger partial charge in [-0.1, -0.05) is 42.5 Å². The number of allylic oxidation sites excluding steroid dienone is 1. The molecule has 1 aliphatic rings. The van der Waals surface area contributed by atoms with Gasteiger partial charge in [0.1, 0.15) is 5.75 Å². The Morgan fingerprint density at radius 3 is 2.58 bits per heavy atom. The summed E-state index contributed by atoms with van der Waals surface area (Å²) in [6.07, 6.45) is 0. The predicted molar refractivity (Wildman–Crippen MR) is 125 cm³/mol. The lowest BCUT2D eigenvalue weighted by Gasteiger charge is -2.30. The summed E-state index contributed by atoms with van der Waals surface area (Å²) in [5.41, 5.74) is 4.40. The maximum absolute atomic E-state index is 12.7. The third-order valence-corrected chi connectivity index (χ3v) is 5.09. The highest BCUT2D eigenvalue weighted by Crippen LogP contribution is 2.35. The molecule has 2 aromatic rings. The molecule has 0 radical (unpaired) electrons. The SMILES string of the molecule is C=C(C)CN1C(=O)COc2ccc(NC(=O)NC(C)(C)c3cccc(C(=C)C)c3)cc21. The quantitative estimate of drug-likeness (QED) is 0.642. The van der Waals surface area contributed by atoms with Gasteiger partial charge >= 0.3 is 6.03 Å². The molecule has 0 bridgehead atoms. The van der Waals surface area contributed by atoms with Crippen molar-refractivity contribution in [1.29, 1.82) is 0 Å². The van der Waals surface area contributed by atoms with Crippen LogP contribution in [0.1, 0.15) is 38.8 Å². The monoisotopic (exact) mass is 419 g/mol. The minimum absolute atomic E-state index is 0.00895. The van der Waals surface area contributed by atoms with Gasteiger partial charge in [0.25, 0.3) is 5.91 Å². The van der Waals surface area contributed by atoms with Gasteiger partial charge in [-0.15, -0.1) is 0 Å². The zero-order valence-electron chi connectivity index (χ0n) is 18.5. The molecular weight excluding hydrogens is 390 g/mol. The number of carbonyl (C=O) groups excluding carboxylic acids is 2. The molecular formula is C25H29N3O3. The highest BCUT2D eigenvalue weighted by Gasteiger charge is 2.27. The van der Waals surface area contributed by atoms with Crippen LogP contribution in [0, 0.1) is 0 Å². The maximum atomic E-state index is 12.7. The summed E-state index contributed by atoms with van der Waals surface area (Å²) >= 11 is 0. The Morgan fingerprint density at radius 2 is 1.90 bits per heavy atom. The van der Waals surface area contributed by atoms with Crippen LogP contribution >= 0.6 is 0 Å². The number of hydrogen-bond donors (Lipinski definition) is 2. The lowest BCUT2D eigenvalue weighted by molar-refractivity contribution is -0.121. The number of hydrogen-bond acceptors (Lipinski definition) is 3. The van der Waals surface area contributed by atoms with Gasteiger partial charge in [-0.05, 0) is 63.1 Å². The van der Waals surface area contributed by atoms with Crippen molar-refractivity contribution < 1.29 is 14.3 Å². The molecule has 0 saturated carbocycles. The van der Waals surface area contributed by atoms with Gasteiger partial charge in [0.15, 0.2) is 6.61 Å². The van der Waals surface area contributed by atoms with Gasteiger partial charge in [0.2, 0.25) is 0 Å². The van der Waals surface area contributed by atoms with E-state index in [1.165, 1.54) is 0 Å². The molecule has 3 rings (SSSR count). The summed E-state index contributed by atoms with van der Waals surface area (Å²) < 4.78 is 5.52. The predicted octanol–water partition coefficient (Wildman–Crippen LogP) is 5.08. The van der Waals surface area contributed by atoms with E-state index in [2.05, 4.69) is 23.8 Å². The third kappa shape index (κ3) is 5.15. The highest BCUT2D eigenvalue weighted by atomic mass is 16.5. The minimum atomic E-state index is -0.602. The van der Waals surface area contributed by atoms with Crippen LogP contribution in [0.5, 0.6) is 5.75 Å². The Morgan fingerprint density at radius 1 is 1.16 bits per heavy atom. The van der Waals surface area contributed by atoms with E-state index in [0.717, 1.165) is 22.3 Å². The van der Waals surface area contributed by atoms with Crippen molar-refractivity contribution in [2.75, 3.05) is 23.4 Å². The van der Waals surface area contributed by atoms with Crippen molar-refractivity contribution in [2.45, 2.75) is 33.2 Å². The minimum Gasteiger partial charge on any atom is -0.482 e. The second-order valence-electron chi connectivity index (χ2n) is 8.47. The number of rotatable bonds is 6. The largest absolute Gasteiger partial charge is 0.482 e. The number of carbonyl (C=O) groups is 2. The van der Waals surface area contributed by atoms with Crippen molar-refractivity contribution in [3.63, 3.8) is 0 Å². The number of benzene rings is 2. The summed E-state index contributed by atoms with van der Waals surface area (Å²) in [6.45, 7) is 16.0. The topological polar surface area (TPSA) is 70.7 Å². The average Bonchev–Trinajstić information content (AvgIpc) is 2.69. The van der Waals surface area contributed by atoms with E-state index in [-0.39, 0.29) is 18.5 Å². The van der Waals surface area contributed by atoms with Crippen molar-refractivity contribution in [2.24, 2.45) is 0 Å². The Hall–Kier alpha value is -3.54. The molecule has 1 heterocycles. The fourth-order valence-electron chi connectivity index (χ4n) is 3.41. The van der Waals surface area contributed by atoms with Gasteiger partial charge in [-0.2, -0.15) is 0 Å². The summed E-state index contributed by atoms with van der Waals surface area (Å²) in [4.78, 5) is 26.7. The van der Waals surface area contributed by atoms with E-state index in [9.17, 15) is 9.59 Å². The van der Waals surface area contributed by atoms with E-state index in [0.29, 0.717) is 23.7 Å². The molecule has 0 atom stereocenters. The van der Waals surface area contributed by atoms with Crippen molar-refractivity contribution >= 4 is 28.9 Å². The number of fused-ring (bicyclic) bond motifs is 1. The molecule has 3 amide bonds. The van der Waals surface area contributed by atoms with Gasteiger partial charge in [0.05, 0.1) is 11.2 Å². The summed E-state index contributed by atoms with van der Waals surface area (Å²) in [5.74, 6) is 0.458. The smallest absolute Gasteiger partial charge is 0.319 e. The highest BCUT2D eigenvalue weighted by molar-refractivity contribution is 5.99. The second-order valence-corrected chi connectivity index (χ2v) is 8.47. The van der Waals surface area contributed by atoms with Gasteiger partial charge in [-0.3, -0.25) is 4.79 Å². The van der Waals surface area contributed by atoms with Gasteiger partial charge in [0, 0.05) is 12.2 Å². The Bertz CT molecular complexity index is 1060. The fraction of sp³-hybridized carbons (Fsp3) is 0.280. The van der Waals surface area contributed by atoms with Crippen molar-refractivity contribution in [3.05, 3.63) is 72.3 Å². The van der Waals surface area contributed by atoms with E-state index in [1.807, 2.05) is 52.0 Å². The summed E-state index contributed by atoms with van der Waals surface area (Å²) in [7, 11) is 0. The van der Waals surface area contributed by atoms with Crippen molar-refractivity contribution in [3.8, 4) is 5.75 Å². The first-order valence-corrected chi connectivity index (χ1v) is 10.1. The number of ether oxygens (including phenoxy) is 1. The van der Waals surface area contributed by atoms with Crippen LogP contribution in [0.3, 0.4) is 0 Å². The molecule has 0 unspecified atom stereocenters. The third-order valence-electron chi connectivity index (χ3n) is 5.09. The fourth-order valence-corrected chi connectivity index (χ4v) is 3.41. The molecule has 2 aromatic carbocycles. The Kier molecular flexibility index (Phi) is 6.20. The van der Waals surface area contributed by atoms with Crippen LogP contribution in [0.4, 0.5) is 16.2 Å². The van der Waals surface area contributed by atoms with Crippen LogP contribution in [-0.4, -0.2) is 25.1 Å². The zero-order valence-corrected chi connectivity index (χ0v) is 18.5. The summed E-state index contributed by atoms with van der Waals surface area (Å²) in [5, 5.41) is 5.87. The van der Waals surface area contributed by atoms with E-state index >= 15 is 0 Å². The molecule has 0 fully saturated rings. The number of anilines is 2. The normalized spacial score (nSPS) is 13.2. The first-order valence-electron chi connectivity index (χ1n) is 10.1. The first-order chi connectivity index (χ1) is 14.6. The molecule has 0 aliphatic carbocycles. The van der Waals surface area contributed by atoms with Crippen LogP contribution in [-0.2, 0) is 10.3 Å². The number of urea groups is 1. The molecule has 1 aliphatic heterocycles. The van der Waals surface area contributed by atoms with E-state index in [4.69, 9.17) is 4.74 Å². The maximum Gasteiger partial charge on any atom is 0.319 e. The molecule has 6 heteroatoms. The summed E-state index contributed by atoms with van der Waals surface area (Å²) in [6, 6.07) is 12.9. The van der Waals surface area contributed by atoms with Crippen LogP contribution < -0.4 is 20.3 Å². The van der Waals surface area contributed by atoms with Crippen LogP contribution in [0.15, 0.2) is 61.2 Å². The van der Waals surface area contributed by atoms with Gasteiger partial charge in [-0.25, -0.2) is 4.79 Å². The number of nitrogens with one attached hydrogen (secondary N) is 2. The lowest BCUT2D eigenvalue weighted by Crippen LogP contribution is -2.43. The second kappa shape index (κ2) is 8.68. The Labute approximate surface area is 183 Å². The molecule has 0 saturated heterocycles. The number of amides is 3. The number of nitrogens with zero attached hydrogens (tertiary/aromatic N) is 1. The molecule has 6 nitrogen and oxygen atoms in total. The first kappa shape index (κ1) is 22.2.